The van der Waals surface area contributed by atoms with Crippen LogP contribution in [0.25, 0.3) is 10.6 Å². The molecule has 2 nitrogen and oxygen atoms in total. The number of rotatable bonds is 8. The zero-order valence-electron chi connectivity index (χ0n) is 12.6. The van der Waals surface area contributed by atoms with Crippen molar-refractivity contribution >= 4 is 22.9 Å². The van der Waals surface area contributed by atoms with Gasteiger partial charge in [0.05, 0.1) is 18.2 Å². The van der Waals surface area contributed by atoms with Crippen molar-refractivity contribution in [2.24, 2.45) is 5.92 Å². The Morgan fingerprint density at radius 2 is 2.05 bits per heavy atom. The molecule has 0 aliphatic rings. The first-order chi connectivity index (χ1) is 10.2. The number of aromatic nitrogens is 1. The number of thiazole rings is 1. The third-order valence-corrected chi connectivity index (χ3v) is 4.56. The van der Waals surface area contributed by atoms with E-state index in [0.717, 1.165) is 22.9 Å². The van der Waals surface area contributed by atoms with E-state index >= 15 is 0 Å². The van der Waals surface area contributed by atoms with Gasteiger partial charge in [-0.25, -0.2) is 4.98 Å². The summed E-state index contributed by atoms with van der Waals surface area (Å²) in [5.41, 5.74) is 3.28. The minimum atomic E-state index is 0.471. The van der Waals surface area contributed by atoms with Gasteiger partial charge >= 0.3 is 0 Å². The van der Waals surface area contributed by atoms with Crippen molar-refractivity contribution < 1.29 is 4.74 Å². The van der Waals surface area contributed by atoms with Crippen molar-refractivity contribution in [1.29, 1.82) is 0 Å². The first-order valence-corrected chi connectivity index (χ1v) is 8.81. The van der Waals surface area contributed by atoms with Crippen LogP contribution in [0.4, 0.5) is 0 Å². The van der Waals surface area contributed by atoms with Crippen LogP contribution in [0, 0.1) is 5.92 Å². The van der Waals surface area contributed by atoms with Gasteiger partial charge in [-0.3, -0.25) is 0 Å². The Kier molecular flexibility index (Phi) is 6.68. The minimum Gasteiger partial charge on any atom is -0.376 e. The normalized spacial score (nSPS) is 12.5. The van der Waals surface area contributed by atoms with Gasteiger partial charge in [-0.15, -0.1) is 22.9 Å². The second-order valence-corrected chi connectivity index (χ2v) is 6.51. The lowest BCUT2D eigenvalue weighted by Crippen LogP contribution is -2.05. The van der Waals surface area contributed by atoms with Crippen molar-refractivity contribution in [3.63, 3.8) is 0 Å². The van der Waals surface area contributed by atoms with E-state index in [4.69, 9.17) is 16.3 Å². The van der Waals surface area contributed by atoms with E-state index in [0.29, 0.717) is 18.4 Å². The molecule has 0 radical (unpaired) electrons. The summed E-state index contributed by atoms with van der Waals surface area (Å²) in [4.78, 5) is 4.49. The Bertz CT molecular complexity index is 538. The first-order valence-electron chi connectivity index (χ1n) is 7.40. The number of hydrogen-bond acceptors (Lipinski definition) is 3. The van der Waals surface area contributed by atoms with E-state index in [-0.39, 0.29) is 0 Å². The van der Waals surface area contributed by atoms with Crippen LogP contribution in [0.3, 0.4) is 0 Å². The molecule has 0 aliphatic heterocycles. The minimum absolute atomic E-state index is 0.471. The maximum Gasteiger partial charge on any atom is 0.123 e. The number of halogens is 1. The van der Waals surface area contributed by atoms with Gasteiger partial charge in [-0.2, -0.15) is 0 Å². The largest absolute Gasteiger partial charge is 0.376 e. The molecule has 0 bridgehead atoms. The fraction of sp³-hybridized carbons (Fsp3) is 0.471. The zero-order chi connectivity index (χ0) is 15.1. The second kappa shape index (κ2) is 8.52. The van der Waals surface area contributed by atoms with Crippen molar-refractivity contribution in [3.05, 3.63) is 40.9 Å². The maximum atomic E-state index is 5.79. The Labute approximate surface area is 136 Å². The molecule has 4 heteroatoms. The molecule has 0 amide bonds. The molecule has 1 aromatic heterocycles. The molecule has 0 spiro atoms. The summed E-state index contributed by atoms with van der Waals surface area (Å²) in [6.45, 7) is 5.97. The van der Waals surface area contributed by atoms with E-state index in [1.165, 1.54) is 18.4 Å². The highest BCUT2D eigenvalue weighted by atomic mass is 35.5. The molecule has 1 aromatic carbocycles. The van der Waals surface area contributed by atoms with Gasteiger partial charge in [0.2, 0.25) is 0 Å². The van der Waals surface area contributed by atoms with Gasteiger partial charge in [0.25, 0.3) is 0 Å². The van der Waals surface area contributed by atoms with Crippen LogP contribution in [0.1, 0.15) is 37.9 Å². The molecule has 0 aliphatic carbocycles. The van der Waals surface area contributed by atoms with Gasteiger partial charge in [0.15, 0.2) is 0 Å². The van der Waals surface area contributed by atoms with Crippen molar-refractivity contribution in [3.8, 4) is 10.6 Å². The molecule has 1 unspecified atom stereocenters. The summed E-state index contributed by atoms with van der Waals surface area (Å²) in [6.07, 6.45) is 2.45. The van der Waals surface area contributed by atoms with Crippen molar-refractivity contribution in [2.45, 2.75) is 39.2 Å². The summed E-state index contributed by atoms with van der Waals surface area (Å²) in [7, 11) is 0. The molecule has 21 heavy (non-hydrogen) atoms. The monoisotopic (exact) mass is 323 g/mol. The van der Waals surface area contributed by atoms with Gasteiger partial charge in [0.1, 0.15) is 5.01 Å². The van der Waals surface area contributed by atoms with Crippen LogP contribution in [0.2, 0.25) is 0 Å². The molecular weight excluding hydrogens is 302 g/mol. The highest BCUT2D eigenvalue weighted by Gasteiger charge is 2.05. The van der Waals surface area contributed by atoms with Crippen molar-refractivity contribution in [1.82, 2.24) is 4.98 Å². The molecule has 1 heterocycles. The molecule has 0 N–H and O–H groups in total. The van der Waals surface area contributed by atoms with E-state index in [1.54, 1.807) is 11.3 Å². The Morgan fingerprint density at radius 3 is 2.67 bits per heavy atom. The standard InChI is InChI=1S/C17H22ClNOS/c1-3-4-13(2)10-20-11-14-5-7-15(8-6-14)17-19-16(9-18)12-21-17/h5-8,12-13H,3-4,9-11H2,1-2H3. The predicted molar refractivity (Wildman–Crippen MR) is 90.8 cm³/mol. The van der Waals surface area contributed by atoms with Crippen LogP contribution in [-0.4, -0.2) is 11.6 Å². The quantitative estimate of drug-likeness (QED) is 0.598. The SMILES string of the molecule is CCCC(C)COCc1ccc(-c2nc(CCl)cs2)cc1. The van der Waals surface area contributed by atoms with Crippen LogP contribution in [-0.2, 0) is 17.2 Å². The summed E-state index contributed by atoms with van der Waals surface area (Å²) in [6, 6.07) is 8.43. The predicted octanol–water partition coefficient (Wildman–Crippen LogP) is 5.50. The highest BCUT2D eigenvalue weighted by molar-refractivity contribution is 7.13. The Hall–Kier alpha value is -0.900. The fourth-order valence-electron chi connectivity index (χ4n) is 2.20. The molecule has 0 saturated heterocycles. The van der Waals surface area contributed by atoms with Gasteiger partial charge in [0, 0.05) is 17.6 Å². The Morgan fingerprint density at radius 1 is 1.29 bits per heavy atom. The van der Waals surface area contributed by atoms with Crippen LogP contribution >= 0.6 is 22.9 Å². The molecule has 1 atom stereocenters. The number of benzene rings is 1. The van der Waals surface area contributed by atoms with Gasteiger partial charge < -0.3 is 4.74 Å². The van der Waals surface area contributed by atoms with Crippen LogP contribution in [0.15, 0.2) is 29.6 Å². The number of hydrogen-bond donors (Lipinski definition) is 0. The van der Waals surface area contributed by atoms with Gasteiger partial charge in [-0.1, -0.05) is 44.5 Å². The number of alkyl halides is 1. The third-order valence-electron chi connectivity index (χ3n) is 3.34. The van der Waals surface area contributed by atoms with E-state index < -0.39 is 0 Å². The molecule has 114 valence electrons. The average Bonchev–Trinajstić information content (AvgIpc) is 2.97. The van der Waals surface area contributed by atoms with E-state index in [1.807, 2.05) is 5.38 Å². The highest BCUT2D eigenvalue weighted by Crippen LogP contribution is 2.24. The zero-order valence-corrected chi connectivity index (χ0v) is 14.2. The lowest BCUT2D eigenvalue weighted by atomic mass is 10.1. The summed E-state index contributed by atoms with van der Waals surface area (Å²) in [5, 5.41) is 3.03. The number of nitrogens with zero attached hydrogens (tertiary/aromatic N) is 1. The second-order valence-electron chi connectivity index (χ2n) is 5.38. The summed E-state index contributed by atoms with van der Waals surface area (Å²) in [5.74, 6) is 1.11. The topological polar surface area (TPSA) is 22.1 Å². The molecule has 0 saturated carbocycles. The van der Waals surface area contributed by atoms with E-state index in [9.17, 15) is 0 Å². The fourth-order valence-corrected chi connectivity index (χ4v) is 3.25. The lowest BCUT2D eigenvalue weighted by molar-refractivity contribution is 0.0893. The lowest BCUT2D eigenvalue weighted by Gasteiger charge is -2.10. The molecular formula is C17H22ClNOS. The molecule has 2 rings (SSSR count). The molecule has 0 fully saturated rings. The maximum absolute atomic E-state index is 5.79. The van der Waals surface area contributed by atoms with Gasteiger partial charge in [-0.05, 0) is 17.9 Å². The van der Waals surface area contributed by atoms with Crippen molar-refractivity contribution in [2.75, 3.05) is 6.61 Å². The summed E-state index contributed by atoms with van der Waals surface area (Å²) < 4.78 is 5.77. The Balaban J connectivity index is 1.87. The summed E-state index contributed by atoms with van der Waals surface area (Å²) >= 11 is 7.42. The smallest absolute Gasteiger partial charge is 0.123 e. The molecule has 2 aromatic rings. The van der Waals surface area contributed by atoms with E-state index in [2.05, 4.69) is 43.1 Å². The number of ether oxygens (including phenoxy) is 1. The third kappa shape index (κ3) is 5.10. The average molecular weight is 324 g/mol. The van der Waals surface area contributed by atoms with Crippen LogP contribution in [0.5, 0.6) is 0 Å². The first kappa shape index (κ1) is 16.5. The van der Waals surface area contributed by atoms with Crippen LogP contribution < -0.4 is 0 Å².